The third kappa shape index (κ3) is 7.77. The zero-order valence-electron chi connectivity index (χ0n) is 19.9. The monoisotopic (exact) mass is 556 g/mol. The third-order valence-electron chi connectivity index (χ3n) is 5.20. The minimum absolute atomic E-state index is 0.147. The van der Waals surface area contributed by atoms with E-state index in [9.17, 15) is 26.4 Å². The van der Waals surface area contributed by atoms with E-state index in [4.69, 9.17) is 21.1 Å². The molecule has 3 aromatic carbocycles. The van der Waals surface area contributed by atoms with Crippen LogP contribution in [0, 0.1) is 0 Å². The lowest BCUT2D eigenvalue weighted by Crippen LogP contribution is -2.30. The number of sulfonamides is 1. The van der Waals surface area contributed by atoms with E-state index in [1.54, 1.807) is 31.4 Å². The molecule has 3 aromatic rings. The lowest BCUT2D eigenvalue weighted by Gasteiger charge is -2.24. The van der Waals surface area contributed by atoms with Gasteiger partial charge in [0, 0.05) is 5.56 Å². The van der Waals surface area contributed by atoms with Crippen LogP contribution in [-0.4, -0.2) is 40.8 Å². The van der Waals surface area contributed by atoms with Crippen LogP contribution in [0.4, 0.5) is 18.9 Å². The van der Waals surface area contributed by atoms with Crippen molar-refractivity contribution in [2.75, 3.05) is 30.8 Å². The van der Waals surface area contributed by atoms with E-state index in [2.05, 4.69) is 5.32 Å². The Kier molecular flexibility index (Phi) is 8.93. The number of anilines is 1. The molecule has 7 nitrogen and oxygen atoms in total. The summed E-state index contributed by atoms with van der Waals surface area (Å²) in [6, 6.07) is 15.5. The first-order chi connectivity index (χ1) is 17.4. The number of ether oxygens (including phenoxy) is 2. The Morgan fingerprint density at radius 1 is 1.00 bits per heavy atom. The van der Waals surface area contributed by atoms with Gasteiger partial charge in [0.15, 0.2) is 0 Å². The highest BCUT2D eigenvalue weighted by molar-refractivity contribution is 7.92. The molecule has 0 radical (unpaired) electrons. The molecule has 0 bridgehead atoms. The molecule has 37 heavy (non-hydrogen) atoms. The lowest BCUT2D eigenvalue weighted by atomic mass is 10.1. The van der Waals surface area contributed by atoms with Crippen molar-refractivity contribution in [3.63, 3.8) is 0 Å². The quantitative estimate of drug-likeness (QED) is 0.349. The predicted molar refractivity (Wildman–Crippen MR) is 135 cm³/mol. The van der Waals surface area contributed by atoms with Crippen LogP contribution >= 0.6 is 11.6 Å². The van der Waals surface area contributed by atoms with Gasteiger partial charge in [0.2, 0.25) is 10.0 Å². The van der Waals surface area contributed by atoms with Crippen LogP contribution in [0.2, 0.25) is 5.02 Å². The maximum absolute atomic E-state index is 13.2. The van der Waals surface area contributed by atoms with Gasteiger partial charge in [-0.25, -0.2) is 8.42 Å². The summed E-state index contributed by atoms with van der Waals surface area (Å²) in [7, 11) is -2.43. The van der Waals surface area contributed by atoms with Crippen molar-refractivity contribution in [1.29, 1.82) is 0 Å². The van der Waals surface area contributed by atoms with E-state index in [1.165, 1.54) is 24.3 Å². The molecular weight excluding hydrogens is 533 g/mol. The molecular formula is C25H24ClF3N2O5S. The molecule has 1 amide bonds. The van der Waals surface area contributed by atoms with Gasteiger partial charge >= 0.3 is 6.18 Å². The van der Waals surface area contributed by atoms with Crippen molar-refractivity contribution in [2.24, 2.45) is 0 Å². The Morgan fingerprint density at radius 2 is 1.62 bits per heavy atom. The molecule has 0 unspecified atom stereocenters. The summed E-state index contributed by atoms with van der Waals surface area (Å²) < 4.78 is 75.7. The number of methoxy groups -OCH3 is 1. The molecule has 0 aliphatic rings. The average molecular weight is 557 g/mol. The Labute approximate surface area is 217 Å². The van der Waals surface area contributed by atoms with E-state index in [0.717, 1.165) is 22.7 Å². The summed E-state index contributed by atoms with van der Waals surface area (Å²) in [5.41, 5.74) is -0.560. The molecule has 0 saturated carbocycles. The molecule has 0 aliphatic carbocycles. The van der Waals surface area contributed by atoms with Crippen LogP contribution < -0.4 is 19.1 Å². The number of carbonyl (C=O) groups is 1. The Morgan fingerprint density at radius 3 is 2.19 bits per heavy atom. The fourth-order valence-corrected chi connectivity index (χ4v) is 4.46. The second-order valence-corrected chi connectivity index (χ2v) is 10.2. The minimum atomic E-state index is -4.67. The number of nitrogens with one attached hydrogen (secondary N) is 1. The van der Waals surface area contributed by atoms with E-state index in [1.807, 2.05) is 0 Å². The van der Waals surface area contributed by atoms with Gasteiger partial charge < -0.3 is 14.8 Å². The summed E-state index contributed by atoms with van der Waals surface area (Å²) >= 11 is 6.05. The summed E-state index contributed by atoms with van der Waals surface area (Å²) in [6.07, 6.45) is -3.80. The van der Waals surface area contributed by atoms with Crippen molar-refractivity contribution >= 4 is 33.2 Å². The highest BCUT2D eigenvalue weighted by Crippen LogP contribution is 2.36. The SMILES string of the molecule is COc1ccc(OCCNC(=O)c2ccc(CN(c3cc(C(F)(F)F)ccc3Cl)S(C)(=O)=O)cc2)cc1. The molecule has 0 fully saturated rings. The van der Waals surface area contributed by atoms with Gasteiger partial charge in [-0.1, -0.05) is 23.7 Å². The standard InChI is InChI=1S/C25H24ClF3N2O5S/c1-35-20-8-10-21(11-9-20)36-14-13-30-24(32)18-5-3-17(4-6-18)16-31(37(2,33)34)23-15-19(25(27,28)29)7-12-22(23)26/h3-12,15H,13-14,16H2,1-2H3,(H,30,32). The van der Waals surface area contributed by atoms with Gasteiger partial charge in [0.05, 0.1) is 42.7 Å². The predicted octanol–water partition coefficient (Wildman–Crippen LogP) is 5.14. The van der Waals surface area contributed by atoms with Crippen LogP contribution in [0.1, 0.15) is 21.5 Å². The van der Waals surface area contributed by atoms with E-state index < -0.39 is 21.8 Å². The van der Waals surface area contributed by atoms with Gasteiger partial charge in [-0.2, -0.15) is 13.2 Å². The number of nitrogens with zero attached hydrogens (tertiary/aromatic N) is 1. The molecule has 0 aliphatic heterocycles. The number of alkyl halides is 3. The zero-order valence-corrected chi connectivity index (χ0v) is 21.5. The first-order valence-electron chi connectivity index (χ1n) is 10.9. The van der Waals surface area contributed by atoms with Crippen LogP contribution in [0.15, 0.2) is 66.7 Å². The van der Waals surface area contributed by atoms with E-state index >= 15 is 0 Å². The number of halogens is 4. The molecule has 0 heterocycles. The maximum Gasteiger partial charge on any atom is 0.416 e. The first-order valence-corrected chi connectivity index (χ1v) is 13.1. The van der Waals surface area contributed by atoms with Crippen molar-refractivity contribution < 1.29 is 35.9 Å². The zero-order chi connectivity index (χ0) is 27.2. The van der Waals surface area contributed by atoms with Crippen molar-refractivity contribution in [3.8, 4) is 11.5 Å². The van der Waals surface area contributed by atoms with Gasteiger partial charge in [0.1, 0.15) is 18.1 Å². The van der Waals surface area contributed by atoms with E-state index in [0.29, 0.717) is 28.7 Å². The summed E-state index contributed by atoms with van der Waals surface area (Å²) in [5, 5.41) is 2.56. The molecule has 198 valence electrons. The summed E-state index contributed by atoms with van der Waals surface area (Å²) in [6.45, 7) is 0.192. The second-order valence-electron chi connectivity index (χ2n) is 7.91. The molecule has 3 rings (SSSR count). The Bertz CT molecular complexity index is 1330. The average Bonchev–Trinajstić information content (AvgIpc) is 2.85. The van der Waals surface area contributed by atoms with Crippen LogP contribution in [0.3, 0.4) is 0 Å². The Hall–Kier alpha value is -3.44. The molecule has 0 aromatic heterocycles. The third-order valence-corrected chi connectivity index (χ3v) is 6.65. The molecule has 1 N–H and O–H groups in total. The van der Waals surface area contributed by atoms with Gasteiger partial charge in [0.25, 0.3) is 5.91 Å². The topological polar surface area (TPSA) is 84.9 Å². The summed E-state index contributed by atoms with van der Waals surface area (Å²) in [4.78, 5) is 12.4. The highest BCUT2D eigenvalue weighted by Gasteiger charge is 2.32. The van der Waals surface area contributed by atoms with Crippen LogP contribution in [-0.2, 0) is 22.7 Å². The molecule has 0 spiro atoms. The van der Waals surface area contributed by atoms with Gasteiger partial charge in [-0.3, -0.25) is 9.10 Å². The van der Waals surface area contributed by atoms with Crippen molar-refractivity contribution in [1.82, 2.24) is 5.32 Å². The highest BCUT2D eigenvalue weighted by atomic mass is 35.5. The smallest absolute Gasteiger partial charge is 0.416 e. The van der Waals surface area contributed by atoms with Gasteiger partial charge in [-0.05, 0) is 60.2 Å². The van der Waals surface area contributed by atoms with Crippen LogP contribution in [0.25, 0.3) is 0 Å². The first kappa shape index (κ1) is 28.1. The normalized spacial score (nSPS) is 11.6. The number of benzene rings is 3. The fraction of sp³-hybridized carbons (Fsp3) is 0.240. The van der Waals surface area contributed by atoms with E-state index in [-0.39, 0.29) is 36.3 Å². The largest absolute Gasteiger partial charge is 0.497 e. The van der Waals surface area contributed by atoms with Crippen molar-refractivity contribution in [2.45, 2.75) is 12.7 Å². The lowest BCUT2D eigenvalue weighted by molar-refractivity contribution is -0.137. The number of rotatable bonds is 10. The second kappa shape index (κ2) is 11.7. The number of amides is 1. The number of hydrogen-bond donors (Lipinski definition) is 1. The van der Waals surface area contributed by atoms with Gasteiger partial charge in [-0.15, -0.1) is 0 Å². The molecule has 0 saturated heterocycles. The maximum atomic E-state index is 13.2. The number of hydrogen-bond acceptors (Lipinski definition) is 5. The fourth-order valence-electron chi connectivity index (χ4n) is 3.30. The summed E-state index contributed by atoms with van der Waals surface area (Å²) in [5.74, 6) is 0.947. The molecule has 0 atom stereocenters. The molecule has 12 heteroatoms. The number of carbonyl (C=O) groups excluding carboxylic acids is 1. The van der Waals surface area contributed by atoms with Crippen LogP contribution in [0.5, 0.6) is 11.5 Å². The minimum Gasteiger partial charge on any atom is -0.497 e. The van der Waals surface area contributed by atoms with Crippen molar-refractivity contribution in [3.05, 3.63) is 88.4 Å². The Balaban J connectivity index is 1.64.